The van der Waals surface area contributed by atoms with Crippen molar-refractivity contribution >= 4 is 0 Å². The van der Waals surface area contributed by atoms with Crippen LogP contribution >= 0.6 is 0 Å². The first-order valence-electron chi connectivity index (χ1n) is 9.82. The first-order valence-corrected chi connectivity index (χ1v) is 9.82. The predicted molar refractivity (Wildman–Crippen MR) is 105 cm³/mol. The van der Waals surface area contributed by atoms with Gasteiger partial charge in [0, 0.05) is 0 Å². The normalized spacial score (nSPS) is 23.2. The second-order valence-electron chi connectivity index (χ2n) is 7.57. The van der Waals surface area contributed by atoms with Crippen LogP contribution in [0.3, 0.4) is 0 Å². The van der Waals surface area contributed by atoms with E-state index >= 15 is 0 Å². The van der Waals surface area contributed by atoms with Gasteiger partial charge in [0.25, 0.3) is 0 Å². The molecule has 0 heterocycles. The minimum Gasteiger partial charge on any atom is -0.197 e. The summed E-state index contributed by atoms with van der Waals surface area (Å²) in [5.74, 6) is 0.808. The maximum atomic E-state index is 9.87. The van der Waals surface area contributed by atoms with Crippen molar-refractivity contribution in [1.29, 1.82) is 5.26 Å². The summed E-state index contributed by atoms with van der Waals surface area (Å²) in [6.07, 6.45) is 7.95. The second-order valence-corrected chi connectivity index (χ2v) is 7.57. The van der Waals surface area contributed by atoms with Crippen molar-refractivity contribution in [3.8, 4) is 17.2 Å². The van der Waals surface area contributed by atoms with Crippen molar-refractivity contribution in [3.63, 3.8) is 0 Å². The Morgan fingerprint density at radius 1 is 0.920 bits per heavy atom. The van der Waals surface area contributed by atoms with Crippen LogP contribution in [0, 0.1) is 17.2 Å². The number of rotatable bonds is 5. The van der Waals surface area contributed by atoms with E-state index in [0.717, 1.165) is 25.2 Å². The number of benzene rings is 2. The highest BCUT2D eigenvalue weighted by Gasteiger charge is 2.36. The molecule has 0 N–H and O–H groups in total. The quantitative estimate of drug-likeness (QED) is 0.600. The van der Waals surface area contributed by atoms with Gasteiger partial charge in [-0.05, 0) is 60.3 Å². The molecule has 1 aliphatic carbocycles. The van der Waals surface area contributed by atoms with E-state index in [2.05, 4.69) is 68.4 Å². The molecule has 1 aliphatic rings. The van der Waals surface area contributed by atoms with Gasteiger partial charge in [0.2, 0.25) is 0 Å². The Hall–Kier alpha value is -2.07. The molecule has 1 fully saturated rings. The van der Waals surface area contributed by atoms with E-state index < -0.39 is 0 Å². The van der Waals surface area contributed by atoms with Crippen molar-refractivity contribution in [2.45, 2.75) is 64.2 Å². The molecule has 0 unspecified atom stereocenters. The molecular weight excluding hydrogens is 302 g/mol. The summed E-state index contributed by atoms with van der Waals surface area (Å²) < 4.78 is 0. The van der Waals surface area contributed by atoms with Crippen molar-refractivity contribution in [3.05, 3.63) is 59.7 Å². The van der Waals surface area contributed by atoms with Crippen LogP contribution in [0.5, 0.6) is 0 Å². The lowest BCUT2D eigenvalue weighted by Crippen LogP contribution is -2.30. The van der Waals surface area contributed by atoms with Gasteiger partial charge < -0.3 is 0 Å². The fraction of sp³-hybridized carbons (Fsp3) is 0.458. The third-order valence-corrected chi connectivity index (χ3v) is 6.01. The molecule has 0 aromatic heterocycles. The van der Waals surface area contributed by atoms with Crippen LogP contribution in [0.25, 0.3) is 11.1 Å². The molecule has 1 nitrogen and oxygen atoms in total. The molecule has 1 heteroatoms. The fourth-order valence-corrected chi connectivity index (χ4v) is 4.18. The maximum Gasteiger partial charge on any atom is 0.0822 e. The highest BCUT2D eigenvalue weighted by atomic mass is 14.4. The first-order chi connectivity index (χ1) is 12.2. The van der Waals surface area contributed by atoms with Crippen LogP contribution in [0.4, 0.5) is 0 Å². The zero-order chi connectivity index (χ0) is 17.7. The molecule has 3 rings (SSSR count). The molecule has 0 bridgehead atoms. The Morgan fingerprint density at radius 2 is 1.48 bits per heavy atom. The molecule has 0 amide bonds. The maximum absolute atomic E-state index is 9.87. The van der Waals surface area contributed by atoms with Crippen LogP contribution in [0.2, 0.25) is 0 Å². The van der Waals surface area contributed by atoms with Gasteiger partial charge in [-0.1, -0.05) is 75.2 Å². The summed E-state index contributed by atoms with van der Waals surface area (Å²) in [6, 6.07) is 20.3. The third kappa shape index (κ3) is 3.79. The standard InChI is InChI=1S/C24H29N/c1-3-5-20-6-8-21(9-7-20)22-10-12-23(13-11-22)24(18-25)16-14-19(4-2)15-17-24/h6-13,19H,3-5,14-17H2,1-2H3/t19-,24+. The van der Waals surface area contributed by atoms with Crippen molar-refractivity contribution in [1.82, 2.24) is 0 Å². The summed E-state index contributed by atoms with van der Waals surface area (Å²) >= 11 is 0. The third-order valence-electron chi connectivity index (χ3n) is 6.01. The summed E-state index contributed by atoms with van der Waals surface area (Å²) in [4.78, 5) is 0. The Bertz CT molecular complexity index is 710. The average molecular weight is 332 g/mol. The van der Waals surface area contributed by atoms with Crippen LogP contribution in [0.15, 0.2) is 48.5 Å². The van der Waals surface area contributed by atoms with Gasteiger partial charge in [0.1, 0.15) is 0 Å². The van der Waals surface area contributed by atoms with Crippen molar-refractivity contribution in [2.75, 3.05) is 0 Å². The van der Waals surface area contributed by atoms with E-state index in [9.17, 15) is 5.26 Å². The molecule has 0 spiro atoms. The fourth-order valence-electron chi connectivity index (χ4n) is 4.18. The number of nitriles is 1. The minimum atomic E-state index is -0.269. The van der Waals surface area contributed by atoms with Crippen LogP contribution in [-0.2, 0) is 11.8 Å². The summed E-state index contributed by atoms with van der Waals surface area (Å²) in [6.45, 7) is 4.48. The number of aryl methyl sites for hydroxylation is 1. The summed E-state index contributed by atoms with van der Waals surface area (Å²) in [7, 11) is 0. The van der Waals surface area contributed by atoms with E-state index in [1.54, 1.807) is 0 Å². The molecular formula is C24H29N. The molecule has 2 aromatic rings. The van der Waals surface area contributed by atoms with E-state index in [1.807, 2.05) is 0 Å². The Kier molecular flexibility index (Phi) is 5.59. The van der Waals surface area contributed by atoms with Crippen LogP contribution < -0.4 is 0 Å². The van der Waals surface area contributed by atoms with Gasteiger partial charge in [-0.25, -0.2) is 0 Å². The van der Waals surface area contributed by atoms with Gasteiger partial charge in [-0.3, -0.25) is 0 Å². The molecule has 25 heavy (non-hydrogen) atoms. The van der Waals surface area contributed by atoms with Crippen molar-refractivity contribution in [2.24, 2.45) is 5.92 Å². The number of nitrogens with zero attached hydrogens (tertiary/aromatic N) is 1. The number of hydrogen-bond donors (Lipinski definition) is 0. The van der Waals surface area contributed by atoms with Crippen LogP contribution in [-0.4, -0.2) is 0 Å². The molecule has 0 aliphatic heterocycles. The largest absolute Gasteiger partial charge is 0.197 e. The number of hydrogen-bond acceptors (Lipinski definition) is 1. The Morgan fingerprint density at radius 3 is 1.96 bits per heavy atom. The molecule has 0 radical (unpaired) electrons. The highest BCUT2D eigenvalue weighted by Crippen LogP contribution is 2.42. The lowest BCUT2D eigenvalue weighted by atomic mass is 9.67. The molecule has 0 saturated heterocycles. The zero-order valence-electron chi connectivity index (χ0n) is 15.6. The second kappa shape index (κ2) is 7.87. The molecule has 130 valence electrons. The predicted octanol–water partition coefficient (Wildman–Crippen LogP) is 6.67. The summed E-state index contributed by atoms with van der Waals surface area (Å²) in [5.41, 5.74) is 4.83. The van der Waals surface area contributed by atoms with Gasteiger partial charge in [0.05, 0.1) is 11.5 Å². The van der Waals surface area contributed by atoms with E-state index in [-0.39, 0.29) is 5.41 Å². The molecule has 0 atom stereocenters. The topological polar surface area (TPSA) is 23.8 Å². The Balaban J connectivity index is 1.78. The summed E-state index contributed by atoms with van der Waals surface area (Å²) in [5, 5.41) is 9.87. The van der Waals surface area contributed by atoms with E-state index in [4.69, 9.17) is 0 Å². The zero-order valence-corrected chi connectivity index (χ0v) is 15.6. The van der Waals surface area contributed by atoms with E-state index in [1.165, 1.54) is 47.9 Å². The van der Waals surface area contributed by atoms with Gasteiger partial charge in [0.15, 0.2) is 0 Å². The lowest BCUT2D eigenvalue weighted by molar-refractivity contribution is 0.273. The molecule has 2 aromatic carbocycles. The monoisotopic (exact) mass is 331 g/mol. The van der Waals surface area contributed by atoms with Gasteiger partial charge in [-0.15, -0.1) is 0 Å². The lowest BCUT2D eigenvalue weighted by Gasteiger charge is -2.35. The highest BCUT2D eigenvalue weighted by molar-refractivity contribution is 5.64. The van der Waals surface area contributed by atoms with E-state index in [0.29, 0.717) is 0 Å². The minimum absolute atomic E-state index is 0.269. The van der Waals surface area contributed by atoms with Gasteiger partial charge in [-0.2, -0.15) is 5.26 Å². The average Bonchev–Trinajstić information content (AvgIpc) is 2.69. The van der Waals surface area contributed by atoms with Crippen molar-refractivity contribution < 1.29 is 0 Å². The SMILES string of the molecule is CCCc1ccc(-c2ccc([C@]3(C#N)CC[C@H](CC)CC3)cc2)cc1. The smallest absolute Gasteiger partial charge is 0.0822 e. The molecule has 1 saturated carbocycles. The van der Waals surface area contributed by atoms with Gasteiger partial charge >= 0.3 is 0 Å². The Labute approximate surface area is 152 Å². The first kappa shape index (κ1) is 17.7. The van der Waals surface area contributed by atoms with Crippen LogP contribution in [0.1, 0.15) is 63.5 Å².